The lowest BCUT2D eigenvalue weighted by Gasteiger charge is -2.23. The number of hydrogen-bond acceptors (Lipinski definition) is 4. The molecule has 18 heavy (non-hydrogen) atoms. The van der Waals surface area contributed by atoms with Crippen LogP contribution in [0.15, 0.2) is 24.3 Å². The Morgan fingerprint density at radius 1 is 1.06 bits per heavy atom. The van der Waals surface area contributed by atoms with Gasteiger partial charge in [-0.2, -0.15) is 0 Å². The van der Waals surface area contributed by atoms with E-state index in [4.69, 9.17) is 15.3 Å². The molecule has 0 aromatic heterocycles. The fraction of sp³-hybridized carbons (Fsp3) is 0.462. The minimum atomic E-state index is -0.804. The average molecular weight is 253 g/mol. The second-order valence-electron chi connectivity index (χ2n) is 3.99. The van der Waals surface area contributed by atoms with Gasteiger partial charge in [0.1, 0.15) is 0 Å². The van der Waals surface area contributed by atoms with Crippen molar-refractivity contribution in [2.45, 2.75) is 12.8 Å². The van der Waals surface area contributed by atoms with E-state index >= 15 is 0 Å². The molecule has 0 amide bonds. The molecule has 0 radical (unpaired) electrons. The molecule has 0 aliphatic carbocycles. The number of aliphatic hydroxyl groups excluding tert-OH is 2. The first kappa shape index (κ1) is 14.5. The summed E-state index contributed by atoms with van der Waals surface area (Å²) in [5, 5.41) is 26.5. The minimum absolute atomic E-state index is 0.0285. The summed E-state index contributed by atoms with van der Waals surface area (Å²) in [6.45, 7) is 0.992. The van der Waals surface area contributed by atoms with Crippen LogP contribution in [0, 0.1) is 0 Å². The molecule has 100 valence electrons. The molecular formula is C13H19NO4. The third-order valence-corrected chi connectivity index (χ3v) is 2.67. The maximum absolute atomic E-state index is 10.5. The molecule has 0 aliphatic heterocycles. The fourth-order valence-electron chi connectivity index (χ4n) is 1.74. The van der Waals surface area contributed by atoms with Crippen molar-refractivity contribution in [3.05, 3.63) is 29.8 Å². The van der Waals surface area contributed by atoms with Crippen LogP contribution < -0.4 is 4.90 Å². The molecule has 0 bridgehead atoms. The summed E-state index contributed by atoms with van der Waals surface area (Å²) in [6.07, 6.45) is 0.631. The molecule has 0 spiro atoms. The van der Waals surface area contributed by atoms with Gasteiger partial charge < -0.3 is 20.2 Å². The van der Waals surface area contributed by atoms with E-state index in [1.54, 1.807) is 0 Å². The Hall–Kier alpha value is -1.59. The van der Waals surface area contributed by atoms with Crippen molar-refractivity contribution in [3.8, 4) is 0 Å². The number of hydrogen-bond donors (Lipinski definition) is 3. The molecule has 0 saturated carbocycles. The Balaban J connectivity index is 2.64. The van der Waals surface area contributed by atoms with Gasteiger partial charge in [-0.3, -0.25) is 4.79 Å². The Morgan fingerprint density at radius 3 is 2.06 bits per heavy atom. The fourth-order valence-corrected chi connectivity index (χ4v) is 1.74. The molecule has 1 aromatic carbocycles. The van der Waals surface area contributed by atoms with Gasteiger partial charge in [-0.15, -0.1) is 0 Å². The maximum atomic E-state index is 10.5. The number of nitrogens with zero attached hydrogens (tertiary/aromatic N) is 1. The zero-order chi connectivity index (χ0) is 13.4. The Bertz CT molecular complexity index is 358. The number of aryl methyl sites for hydroxylation is 1. The standard InChI is InChI=1S/C13H19NO4/c15-9-7-14(8-10-16)12-4-1-11(2-5-12)3-6-13(17)18/h1-2,4-5,15-16H,3,6-10H2,(H,17,18). The highest BCUT2D eigenvalue weighted by Crippen LogP contribution is 2.15. The van der Waals surface area contributed by atoms with Crippen molar-refractivity contribution < 1.29 is 20.1 Å². The van der Waals surface area contributed by atoms with E-state index in [9.17, 15) is 4.79 Å². The smallest absolute Gasteiger partial charge is 0.303 e. The maximum Gasteiger partial charge on any atom is 0.303 e. The lowest BCUT2D eigenvalue weighted by atomic mass is 10.1. The summed E-state index contributed by atoms with van der Waals surface area (Å²) in [6, 6.07) is 7.51. The monoisotopic (exact) mass is 253 g/mol. The number of aliphatic carboxylic acids is 1. The van der Waals surface area contributed by atoms with Gasteiger partial charge in [0.25, 0.3) is 0 Å². The van der Waals surface area contributed by atoms with Crippen LogP contribution in [-0.2, 0) is 11.2 Å². The molecule has 3 N–H and O–H groups in total. The van der Waals surface area contributed by atoms with Crippen molar-refractivity contribution in [1.29, 1.82) is 0 Å². The predicted molar refractivity (Wildman–Crippen MR) is 68.8 cm³/mol. The van der Waals surface area contributed by atoms with Crippen molar-refractivity contribution in [3.63, 3.8) is 0 Å². The van der Waals surface area contributed by atoms with E-state index in [1.165, 1.54) is 0 Å². The third kappa shape index (κ3) is 4.73. The summed E-state index contributed by atoms with van der Waals surface area (Å²) in [5.74, 6) is -0.804. The van der Waals surface area contributed by atoms with Crippen molar-refractivity contribution in [2.24, 2.45) is 0 Å². The zero-order valence-electron chi connectivity index (χ0n) is 10.2. The van der Waals surface area contributed by atoms with E-state index in [2.05, 4.69) is 0 Å². The molecule has 0 aliphatic rings. The molecule has 0 heterocycles. The summed E-state index contributed by atoms with van der Waals surface area (Å²) >= 11 is 0. The van der Waals surface area contributed by atoms with E-state index < -0.39 is 5.97 Å². The number of aliphatic hydroxyl groups is 2. The molecule has 1 rings (SSSR count). The van der Waals surface area contributed by atoms with Crippen molar-refractivity contribution in [2.75, 3.05) is 31.2 Å². The molecule has 0 saturated heterocycles. The Kier molecular flexibility index (Phi) is 6.18. The van der Waals surface area contributed by atoms with Crippen LogP contribution in [0.3, 0.4) is 0 Å². The van der Waals surface area contributed by atoms with Crippen LogP contribution in [0.4, 0.5) is 5.69 Å². The van der Waals surface area contributed by atoms with Crippen LogP contribution in [0.2, 0.25) is 0 Å². The number of benzene rings is 1. The summed E-state index contributed by atoms with van der Waals surface area (Å²) in [4.78, 5) is 12.3. The highest BCUT2D eigenvalue weighted by Gasteiger charge is 2.05. The highest BCUT2D eigenvalue weighted by atomic mass is 16.4. The summed E-state index contributed by atoms with van der Waals surface area (Å²) in [7, 11) is 0. The number of carboxylic acids is 1. The van der Waals surface area contributed by atoms with E-state index in [-0.39, 0.29) is 19.6 Å². The Morgan fingerprint density at radius 2 is 1.61 bits per heavy atom. The molecule has 0 fully saturated rings. The van der Waals surface area contributed by atoms with E-state index in [0.717, 1.165) is 11.3 Å². The second-order valence-corrected chi connectivity index (χ2v) is 3.99. The van der Waals surface area contributed by atoms with Crippen LogP contribution in [0.25, 0.3) is 0 Å². The lowest BCUT2D eigenvalue weighted by Crippen LogP contribution is -2.29. The van der Waals surface area contributed by atoms with Gasteiger partial charge in [0.15, 0.2) is 0 Å². The van der Waals surface area contributed by atoms with Crippen molar-refractivity contribution >= 4 is 11.7 Å². The number of anilines is 1. The van der Waals surface area contributed by atoms with Gasteiger partial charge in [0, 0.05) is 25.2 Å². The van der Waals surface area contributed by atoms with Gasteiger partial charge in [-0.25, -0.2) is 0 Å². The van der Waals surface area contributed by atoms with Crippen molar-refractivity contribution in [1.82, 2.24) is 0 Å². The van der Waals surface area contributed by atoms with Crippen LogP contribution in [0.1, 0.15) is 12.0 Å². The summed E-state index contributed by atoms with van der Waals surface area (Å²) < 4.78 is 0. The number of carbonyl (C=O) groups is 1. The average Bonchev–Trinajstić information content (AvgIpc) is 2.37. The minimum Gasteiger partial charge on any atom is -0.481 e. The predicted octanol–water partition coefficient (Wildman–Crippen LogP) is 0.495. The largest absolute Gasteiger partial charge is 0.481 e. The molecule has 5 nitrogen and oxygen atoms in total. The second kappa shape index (κ2) is 7.68. The molecule has 1 aromatic rings. The van der Waals surface area contributed by atoms with Crippen LogP contribution >= 0.6 is 0 Å². The normalized spacial score (nSPS) is 10.3. The van der Waals surface area contributed by atoms with E-state index in [0.29, 0.717) is 19.5 Å². The van der Waals surface area contributed by atoms with Gasteiger partial charge in [-0.05, 0) is 24.1 Å². The van der Waals surface area contributed by atoms with Crippen LogP contribution in [-0.4, -0.2) is 47.6 Å². The molecule has 0 unspecified atom stereocenters. The first-order valence-electron chi connectivity index (χ1n) is 5.94. The zero-order valence-corrected chi connectivity index (χ0v) is 10.2. The first-order chi connectivity index (χ1) is 8.67. The molecule has 5 heteroatoms. The van der Waals surface area contributed by atoms with Gasteiger partial charge >= 0.3 is 5.97 Å². The quantitative estimate of drug-likeness (QED) is 0.628. The van der Waals surface area contributed by atoms with E-state index in [1.807, 2.05) is 29.2 Å². The topological polar surface area (TPSA) is 81.0 Å². The number of carboxylic acid groups (broad SMARTS) is 1. The molecular weight excluding hydrogens is 234 g/mol. The third-order valence-electron chi connectivity index (χ3n) is 2.67. The van der Waals surface area contributed by atoms with Crippen LogP contribution in [0.5, 0.6) is 0 Å². The van der Waals surface area contributed by atoms with Gasteiger partial charge in [0.2, 0.25) is 0 Å². The van der Waals surface area contributed by atoms with Gasteiger partial charge in [0.05, 0.1) is 13.2 Å². The molecule has 0 atom stereocenters. The Labute approximate surface area is 106 Å². The SMILES string of the molecule is O=C(O)CCc1ccc(N(CCO)CCO)cc1. The highest BCUT2D eigenvalue weighted by molar-refractivity contribution is 5.67. The number of rotatable bonds is 8. The first-order valence-corrected chi connectivity index (χ1v) is 5.94. The summed E-state index contributed by atoms with van der Waals surface area (Å²) in [5.41, 5.74) is 1.88. The van der Waals surface area contributed by atoms with Gasteiger partial charge in [-0.1, -0.05) is 12.1 Å². The lowest BCUT2D eigenvalue weighted by molar-refractivity contribution is -0.136.